The molecule has 0 aliphatic carbocycles. The van der Waals surface area contributed by atoms with Gasteiger partial charge in [-0.2, -0.15) is 0 Å². The molecule has 5 heteroatoms. The number of hydrogen-bond donors (Lipinski definition) is 2. The molecule has 2 unspecified atom stereocenters. The molecule has 0 aromatic heterocycles. The molecule has 5 nitrogen and oxygen atoms in total. The van der Waals surface area contributed by atoms with E-state index < -0.39 is 0 Å². The summed E-state index contributed by atoms with van der Waals surface area (Å²) < 4.78 is 10.6. The van der Waals surface area contributed by atoms with Crippen LogP contribution in [-0.2, 0) is 14.3 Å². The van der Waals surface area contributed by atoms with Crippen LogP contribution < -0.4 is 5.32 Å². The van der Waals surface area contributed by atoms with Gasteiger partial charge in [-0.15, -0.1) is 0 Å². The van der Waals surface area contributed by atoms with Gasteiger partial charge < -0.3 is 19.9 Å². The Morgan fingerprint density at radius 2 is 1.70 bits per heavy atom. The summed E-state index contributed by atoms with van der Waals surface area (Å²) in [5.74, 6) is 0.0102. The quantitative estimate of drug-likeness (QED) is 0.475. The Morgan fingerprint density at radius 1 is 1.13 bits per heavy atom. The second-order valence-electron chi connectivity index (χ2n) is 5.48. The van der Waals surface area contributed by atoms with Gasteiger partial charge >= 0.3 is 0 Å². The van der Waals surface area contributed by atoms with Crippen molar-refractivity contribution in [3.05, 3.63) is 11.6 Å². The summed E-state index contributed by atoms with van der Waals surface area (Å²) >= 11 is 0. The van der Waals surface area contributed by atoms with E-state index in [2.05, 4.69) is 18.3 Å². The Labute approximate surface area is 142 Å². The van der Waals surface area contributed by atoms with E-state index in [4.69, 9.17) is 14.6 Å². The maximum absolute atomic E-state index is 11.0. The molecule has 0 aromatic carbocycles. The second-order valence-corrected chi connectivity index (χ2v) is 5.48. The molecule has 0 aliphatic heterocycles. The van der Waals surface area contributed by atoms with Crippen molar-refractivity contribution in [3.8, 4) is 0 Å². The van der Waals surface area contributed by atoms with Gasteiger partial charge in [0.2, 0.25) is 5.91 Å². The minimum atomic E-state index is -0.283. The van der Waals surface area contributed by atoms with E-state index in [1.165, 1.54) is 6.92 Å². The number of rotatable bonds is 10. The molecule has 23 heavy (non-hydrogen) atoms. The molecule has 2 N–H and O–H groups in total. The number of aliphatic hydroxyl groups excluding tert-OH is 1. The van der Waals surface area contributed by atoms with Crippen LogP contribution in [0.25, 0.3) is 0 Å². The largest absolute Gasteiger partial charge is 0.393 e. The van der Waals surface area contributed by atoms with Crippen molar-refractivity contribution in [2.45, 2.75) is 85.7 Å². The number of methoxy groups -OCH3 is 1. The monoisotopic (exact) mass is 331 g/mol. The van der Waals surface area contributed by atoms with Gasteiger partial charge in [-0.05, 0) is 45.1 Å². The van der Waals surface area contributed by atoms with Gasteiger partial charge in [0, 0.05) is 26.7 Å². The van der Waals surface area contributed by atoms with Crippen molar-refractivity contribution >= 4 is 5.91 Å². The SMILES string of the molecule is CCC(O)CC.CCOC(OC)/C(C)=C/CC(CC)NC(C)=O. The van der Waals surface area contributed by atoms with Crippen LogP contribution in [0, 0.1) is 0 Å². The Balaban J connectivity index is 0. The zero-order valence-corrected chi connectivity index (χ0v) is 16.0. The van der Waals surface area contributed by atoms with Crippen molar-refractivity contribution in [2.24, 2.45) is 0 Å². The van der Waals surface area contributed by atoms with E-state index in [-0.39, 0.29) is 24.3 Å². The standard InChI is InChI=1S/C13H25NO3.C5H12O/c1-6-12(14-11(4)15)9-8-10(3)13(16-5)17-7-2;1-3-5(6)4-2/h8,12-13H,6-7,9H2,1-5H3,(H,14,15);5-6H,3-4H2,1-2H3/b10-8+;. The average Bonchev–Trinajstić information content (AvgIpc) is 2.55. The third kappa shape index (κ3) is 14.4. The molecule has 0 fully saturated rings. The molecule has 0 saturated heterocycles. The van der Waals surface area contributed by atoms with Crippen molar-refractivity contribution in [2.75, 3.05) is 13.7 Å². The van der Waals surface area contributed by atoms with Crippen LogP contribution in [0.4, 0.5) is 0 Å². The van der Waals surface area contributed by atoms with Crippen molar-refractivity contribution in [1.82, 2.24) is 5.32 Å². The summed E-state index contributed by atoms with van der Waals surface area (Å²) in [7, 11) is 1.63. The zero-order chi connectivity index (χ0) is 18.3. The molecule has 0 bridgehead atoms. The Kier molecular flexibility index (Phi) is 16.9. The zero-order valence-electron chi connectivity index (χ0n) is 16.0. The fourth-order valence-electron chi connectivity index (χ4n) is 1.86. The van der Waals surface area contributed by atoms with Gasteiger partial charge in [-0.25, -0.2) is 0 Å². The first kappa shape index (κ1) is 24.3. The summed E-state index contributed by atoms with van der Waals surface area (Å²) in [6.07, 6.45) is 5.20. The lowest BCUT2D eigenvalue weighted by molar-refractivity contribution is -0.119. The number of amides is 1. The first-order valence-corrected chi connectivity index (χ1v) is 8.62. The minimum Gasteiger partial charge on any atom is -0.393 e. The highest BCUT2D eigenvalue weighted by Gasteiger charge is 2.10. The molecule has 0 aromatic rings. The van der Waals surface area contributed by atoms with Gasteiger partial charge in [0.15, 0.2) is 6.29 Å². The predicted octanol–water partition coefficient (Wildman–Crippen LogP) is 3.41. The molecule has 0 rings (SSSR count). The van der Waals surface area contributed by atoms with E-state index in [0.29, 0.717) is 6.61 Å². The number of carbonyl (C=O) groups is 1. The molecule has 0 saturated carbocycles. The smallest absolute Gasteiger partial charge is 0.217 e. The minimum absolute atomic E-state index is 0.0102. The van der Waals surface area contributed by atoms with Crippen LogP contribution in [0.15, 0.2) is 11.6 Å². The summed E-state index contributed by atoms with van der Waals surface area (Å²) in [5.41, 5.74) is 1.04. The van der Waals surface area contributed by atoms with Crippen LogP contribution in [0.5, 0.6) is 0 Å². The van der Waals surface area contributed by atoms with E-state index in [0.717, 1.165) is 31.3 Å². The lowest BCUT2D eigenvalue weighted by Gasteiger charge is -2.18. The topological polar surface area (TPSA) is 67.8 Å². The van der Waals surface area contributed by atoms with Gasteiger partial charge in [0.25, 0.3) is 0 Å². The van der Waals surface area contributed by atoms with E-state index in [1.54, 1.807) is 7.11 Å². The summed E-state index contributed by atoms with van der Waals surface area (Å²) in [6.45, 7) is 12.1. The first-order chi connectivity index (χ1) is 10.9. The number of carbonyl (C=O) groups excluding carboxylic acids is 1. The summed E-state index contributed by atoms with van der Waals surface area (Å²) in [5, 5.41) is 11.6. The Morgan fingerprint density at radius 3 is 2.00 bits per heavy atom. The number of nitrogens with one attached hydrogen (secondary N) is 1. The third-order valence-corrected chi connectivity index (χ3v) is 3.47. The van der Waals surface area contributed by atoms with Crippen molar-refractivity contribution in [1.29, 1.82) is 0 Å². The van der Waals surface area contributed by atoms with Crippen LogP contribution in [-0.4, -0.2) is 43.2 Å². The maximum atomic E-state index is 11.0. The van der Waals surface area contributed by atoms with Crippen LogP contribution >= 0.6 is 0 Å². The fourth-order valence-corrected chi connectivity index (χ4v) is 1.86. The van der Waals surface area contributed by atoms with Crippen molar-refractivity contribution in [3.63, 3.8) is 0 Å². The molecule has 0 aliphatic rings. The highest BCUT2D eigenvalue weighted by molar-refractivity contribution is 5.73. The van der Waals surface area contributed by atoms with E-state index in [9.17, 15) is 4.79 Å². The van der Waals surface area contributed by atoms with Gasteiger partial charge in [-0.1, -0.05) is 26.8 Å². The molecular weight excluding hydrogens is 294 g/mol. The molecule has 2 atom stereocenters. The van der Waals surface area contributed by atoms with E-state index >= 15 is 0 Å². The van der Waals surface area contributed by atoms with Crippen LogP contribution in [0.3, 0.4) is 0 Å². The maximum Gasteiger partial charge on any atom is 0.217 e. The molecular formula is C18H37NO4. The Hall–Kier alpha value is -0.910. The molecule has 0 radical (unpaired) electrons. The van der Waals surface area contributed by atoms with Gasteiger partial charge in [0.1, 0.15) is 0 Å². The van der Waals surface area contributed by atoms with Gasteiger partial charge in [0.05, 0.1) is 6.10 Å². The second kappa shape index (κ2) is 16.0. The summed E-state index contributed by atoms with van der Waals surface area (Å²) in [6, 6.07) is 0.182. The Bertz CT molecular complexity index is 314. The van der Waals surface area contributed by atoms with E-state index in [1.807, 2.05) is 27.7 Å². The molecule has 0 heterocycles. The normalized spacial score (nSPS) is 14.0. The average molecular weight is 331 g/mol. The molecule has 1 amide bonds. The number of ether oxygens (including phenoxy) is 2. The fraction of sp³-hybridized carbons (Fsp3) is 0.833. The molecule has 0 spiro atoms. The van der Waals surface area contributed by atoms with Gasteiger partial charge in [-0.3, -0.25) is 4.79 Å². The number of hydrogen-bond acceptors (Lipinski definition) is 4. The van der Waals surface area contributed by atoms with Crippen LogP contribution in [0.1, 0.15) is 67.2 Å². The lowest BCUT2D eigenvalue weighted by atomic mass is 10.1. The summed E-state index contributed by atoms with van der Waals surface area (Å²) in [4.78, 5) is 11.0. The molecule has 138 valence electrons. The number of aliphatic hydroxyl groups is 1. The van der Waals surface area contributed by atoms with Crippen molar-refractivity contribution < 1.29 is 19.4 Å². The predicted molar refractivity (Wildman–Crippen MR) is 95.3 cm³/mol. The third-order valence-electron chi connectivity index (χ3n) is 3.47. The highest BCUT2D eigenvalue weighted by Crippen LogP contribution is 2.10. The highest BCUT2D eigenvalue weighted by atomic mass is 16.7. The first-order valence-electron chi connectivity index (χ1n) is 8.62. The lowest BCUT2D eigenvalue weighted by Crippen LogP contribution is -2.32. The van der Waals surface area contributed by atoms with Crippen LogP contribution in [0.2, 0.25) is 0 Å².